The predicted octanol–water partition coefficient (Wildman–Crippen LogP) is 5.75. The van der Waals surface area contributed by atoms with Gasteiger partial charge in [0.05, 0.1) is 26.4 Å². The van der Waals surface area contributed by atoms with Crippen molar-refractivity contribution < 1.29 is 42.5 Å². The first-order valence-electron chi connectivity index (χ1n) is 12.2. The van der Waals surface area contributed by atoms with E-state index in [0.29, 0.717) is 46.6 Å². The molecule has 0 aromatic heterocycles. The van der Waals surface area contributed by atoms with E-state index < -0.39 is 23.7 Å². The molecule has 8 nitrogen and oxygen atoms in total. The second-order valence-corrected chi connectivity index (χ2v) is 8.71. The summed E-state index contributed by atoms with van der Waals surface area (Å²) in [5.41, 5.74) is 1.91. The smallest absolute Gasteiger partial charge is 0.338 e. The van der Waals surface area contributed by atoms with E-state index in [1.165, 1.54) is 19.1 Å². The van der Waals surface area contributed by atoms with E-state index >= 15 is 0 Å². The molecule has 0 saturated heterocycles. The van der Waals surface area contributed by atoms with Crippen LogP contribution < -0.4 is 14.2 Å². The summed E-state index contributed by atoms with van der Waals surface area (Å²) < 4.78 is 41.5. The van der Waals surface area contributed by atoms with Crippen molar-refractivity contribution in [2.75, 3.05) is 26.4 Å². The van der Waals surface area contributed by atoms with Crippen LogP contribution in [0.25, 0.3) is 11.1 Å². The molecule has 0 unspecified atom stereocenters. The van der Waals surface area contributed by atoms with E-state index in [1.807, 2.05) is 0 Å². The van der Waals surface area contributed by atoms with Gasteiger partial charge in [0.25, 0.3) is 0 Å². The first-order chi connectivity index (χ1) is 18.5. The third kappa shape index (κ3) is 10.1. The molecule has 0 saturated carbocycles. The van der Waals surface area contributed by atoms with Gasteiger partial charge in [0, 0.05) is 29.6 Å². The number of hydrogen-bond donors (Lipinski definition) is 0. The van der Waals surface area contributed by atoms with Gasteiger partial charge in [0.2, 0.25) is 0 Å². The first-order valence-corrected chi connectivity index (χ1v) is 12.2. The molecule has 0 bridgehead atoms. The zero-order valence-corrected chi connectivity index (χ0v) is 22.5. The minimum atomic E-state index is -0.720. The van der Waals surface area contributed by atoms with Gasteiger partial charge in [-0.1, -0.05) is 31.9 Å². The number of esters is 3. The van der Waals surface area contributed by atoms with Crippen LogP contribution in [-0.4, -0.2) is 44.3 Å². The van der Waals surface area contributed by atoms with Gasteiger partial charge in [0.15, 0.2) is 23.1 Å². The van der Waals surface area contributed by atoms with Crippen LogP contribution in [0.2, 0.25) is 0 Å². The maximum Gasteiger partial charge on any atom is 0.338 e. The van der Waals surface area contributed by atoms with Gasteiger partial charge < -0.3 is 23.7 Å². The second-order valence-electron chi connectivity index (χ2n) is 8.71. The molecule has 0 atom stereocenters. The van der Waals surface area contributed by atoms with Gasteiger partial charge in [-0.25, -0.2) is 18.8 Å². The number of carbonyl (C=O) groups is 3. The van der Waals surface area contributed by atoms with Crippen LogP contribution in [0.4, 0.5) is 4.39 Å². The first kappa shape index (κ1) is 30.8. The lowest BCUT2D eigenvalue weighted by atomic mass is 10.0. The zero-order valence-electron chi connectivity index (χ0n) is 22.5. The molecule has 0 amide bonds. The molecule has 39 heavy (non-hydrogen) atoms. The summed E-state index contributed by atoms with van der Waals surface area (Å²) in [4.78, 5) is 34.8. The summed E-state index contributed by atoms with van der Waals surface area (Å²) in [6, 6.07) is 9.30. The fourth-order valence-electron chi connectivity index (χ4n) is 2.93. The van der Waals surface area contributed by atoms with E-state index in [-0.39, 0.29) is 37.8 Å². The van der Waals surface area contributed by atoms with Crippen LogP contribution in [-0.2, 0) is 23.9 Å². The standard InChI is InChI=1S/C30H33FO8/c1-19(2)28(32)37-15-7-13-35-26-12-10-23(18-27(26)36-14-8-16-38-29(33)20(3)4)22-9-11-25(24(31)17-22)39-30(34)21(5)6/h9-12,17-18H,1,3,5,7-8,13-16H2,2,4,6H3. The Hall–Kier alpha value is -4.40. The van der Waals surface area contributed by atoms with Crippen LogP contribution >= 0.6 is 0 Å². The quantitative estimate of drug-likeness (QED) is 0.122. The molecule has 0 radical (unpaired) electrons. The van der Waals surface area contributed by atoms with Crippen LogP contribution in [0.3, 0.4) is 0 Å². The molecular formula is C30H33FO8. The summed E-state index contributed by atoms with van der Waals surface area (Å²) in [6.45, 7) is 15.9. The van der Waals surface area contributed by atoms with E-state index in [1.54, 1.807) is 38.1 Å². The van der Waals surface area contributed by atoms with Gasteiger partial charge in [-0.2, -0.15) is 0 Å². The van der Waals surface area contributed by atoms with Crippen molar-refractivity contribution in [2.24, 2.45) is 0 Å². The molecule has 0 heterocycles. The molecule has 2 aromatic carbocycles. The molecule has 0 aliphatic carbocycles. The molecular weight excluding hydrogens is 507 g/mol. The minimum absolute atomic E-state index is 0.144. The number of rotatable bonds is 15. The average molecular weight is 541 g/mol. The van der Waals surface area contributed by atoms with Gasteiger partial charge in [-0.05, 0) is 56.2 Å². The van der Waals surface area contributed by atoms with Crippen LogP contribution in [0.15, 0.2) is 72.9 Å². The number of hydrogen-bond acceptors (Lipinski definition) is 8. The zero-order chi connectivity index (χ0) is 28.9. The summed E-state index contributed by atoms with van der Waals surface area (Å²) >= 11 is 0. The molecule has 0 fully saturated rings. The second kappa shape index (κ2) is 15.1. The Morgan fingerprint density at radius 3 is 1.59 bits per heavy atom. The van der Waals surface area contributed by atoms with Crippen molar-refractivity contribution in [2.45, 2.75) is 33.6 Å². The van der Waals surface area contributed by atoms with Crippen molar-refractivity contribution in [1.82, 2.24) is 0 Å². The molecule has 0 N–H and O–H groups in total. The summed E-state index contributed by atoms with van der Waals surface area (Å²) in [7, 11) is 0. The van der Waals surface area contributed by atoms with E-state index in [4.69, 9.17) is 23.7 Å². The Bertz CT molecular complexity index is 1250. The van der Waals surface area contributed by atoms with Crippen molar-refractivity contribution in [3.63, 3.8) is 0 Å². The largest absolute Gasteiger partial charge is 0.490 e. The van der Waals surface area contributed by atoms with E-state index in [2.05, 4.69) is 19.7 Å². The lowest BCUT2D eigenvalue weighted by molar-refractivity contribution is -0.140. The highest BCUT2D eigenvalue weighted by atomic mass is 19.1. The van der Waals surface area contributed by atoms with E-state index in [0.717, 1.165) is 0 Å². The Morgan fingerprint density at radius 1 is 0.641 bits per heavy atom. The molecule has 2 rings (SSSR count). The van der Waals surface area contributed by atoms with Gasteiger partial charge in [-0.15, -0.1) is 0 Å². The highest BCUT2D eigenvalue weighted by Crippen LogP contribution is 2.34. The van der Waals surface area contributed by atoms with Crippen molar-refractivity contribution in [3.8, 4) is 28.4 Å². The number of carbonyl (C=O) groups excluding carboxylic acids is 3. The SMILES string of the molecule is C=C(C)C(=O)OCCCOc1ccc(-c2ccc(OC(=O)C(=C)C)c(F)c2)cc1OCCCOC(=O)C(=C)C. The predicted molar refractivity (Wildman–Crippen MR) is 144 cm³/mol. The topological polar surface area (TPSA) is 97.4 Å². The lowest BCUT2D eigenvalue weighted by Gasteiger charge is -2.15. The molecule has 9 heteroatoms. The van der Waals surface area contributed by atoms with Crippen LogP contribution in [0, 0.1) is 5.82 Å². The normalized spacial score (nSPS) is 10.3. The Morgan fingerprint density at radius 2 is 1.10 bits per heavy atom. The highest BCUT2D eigenvalue weighted by molar-refractivity contribution is 5.89. The molecule has 0 aliphatic heterocycles. The number of benzene rings is 2. The van der Waals surface area contributed by atoms with E-state index in [9.17, 15) is 18.8 Å². The fourth-order valence-corrected chi connectivity index (χ4v) is 2.93. The summed E-state index contributed by atoms with van der Waals surface area (Å²) in [6.07, 6.45) is 0.851. The molecule has 2 aromatic rings. The molecule has 0 spiro atoms. The highest BCUT2D eigenvalue weighted by Gasteiger charge is 2.14. The van der Waals surface area contributed by atoms with Crippen molar-refractivity contribution >= 4 is 17.9 Å². The van der Waals surface area contributed by atoms with Gasteiger partial charge >= 0.3 is 17.9 Å². The Labute approximate surface area is 227 Å². The fraction of sp³-hybridized carbons (Fsp3) is 0.300. The maximum atomic E-state index is 14.6. The Balaban J connectivity index is 2.13. The maximum absolute atomic E-state index is 14.6. The number of ether oxygens (including phenoxy) is 5. The minimum Gasteiger partial charge on any atom is -0.490 e. The third-order valence-electron chi connectivity index (χ3n) is 5.02. The summed E-state index contributed by atoms with van der Waals surface area (Å²) in [5.74, 6) is -1.78. The van der Waals surface area contributed by atoms with Crippen LogP contribution in [0.5, 0.6) is 17.2 Å². The summed E-state index contributed by atoms with van der Waals surface area (Å²) in [5, 5.41) is 0. The monoisotopic (exact) mass is 540 g/mol. The van der Waals surface area contributed by atoms with Crippen molar-refractivity contribution in [3.05, 3.63) is 78.7 Å². The third-order valence-corrected chi connectivity index (χ3v) is 5.02. The lowest BCUT2D eigenvalue weighted by Crippen LogP contribution is -2.11. The molecule has 208 valence electrons. The Kier molecular flexibility index (Phi) is 11.9. The average Bonchev–Trinajstić information content (AvgIpc) is 2.89. The van der Waals surface area contributed by atoms with Gasteiger partial charge in [0.1, 0.15) is 0 Å². The number of halogens is 1. The van der Waals surface area contributed by atoms with Crippen molar-refractivity contribution in [1.29, 1.82) is 0 Å². The van der Waals surface area contributed by atoms with Crippen LogP contribution in [0.1, 0.15) is 33.6 Å². The van der Waals surface area contributed by atoms with Gasteiger partial charge in [-0.3, -0.25) is 0 Å². The molecule has 0 aliphatic rings.